The van der Waals surface area contributed by atoms with Gasteiger partial charge in [0.15, 0.2) is 0 Å². The van der Waals surface area contributed by atoms with Crippen molar-refractivity contribution < 1.29 is 14.6 Å². The minimum atomic E-state index is -0.816. The standard InChI is InChI=1S/C12H15NO3S/c1-7-9(12(11(14)15)5-16-6-12)17-10(13-7)8-3-2-4-8/h8H,2-6H2,1H3,(H,14,15). The van der Waals surface area contributed by atoms with Gasteiger partial charge < -0.3 is 9.84 Å². The summed E-state index contributed by atoms with van der Waals surface area (Å²) in [7, 11) is 0. The third kappa shape index (κ3) is 1.52. The molecule has 0 atom stereocenters. The number of hydrogen-bond acceptors (Lipinski definition) is 4. The van der Waals surface area contributed by atoms with Crippen LogP contribution in [-0.4, -0.2) is 29.3 Å². The van der Waals surface area contributed by atoms with Gasteiger partial charge in [0.05, 0.1) is 23.9 Å². The van der Waals surface area contributed by atoms with Crippen LogP contribution in [-0.2, 0) is 14.9 Å². The van der Waals surface area contributed by atoms with Gasteiger partial charge in [-0.25, -0.2) is 4.98 Å². The molecular weight excluding hydrogens is 238 g/mol. The molecule has 1 N–H and O–H groups in total. The molecule has 0 unspecified atom stereocenters. The topological polar surface area (TPSA) is 59.4 Å². The van der Waals surface area contributed by atoms with Gasteiger partial charge in [-0.2, -0.15) is 0 Å². The molecule has 2 fully saturated rings. The molecule has 0 bridgehead atoms. The molecule has 0 radical (unpaired) electrons. The van der Waals surface area contributed by atoms with Gasteiger partial charge in [0, 0.05) is 10.8 Å². The van der Waals surface area contributed by atoms with Crippen molar-refractivity contribution in [3.05, 3.63) is 15.6 Å². The van der Waals surface area contributed by atoms with Crippen molar-refractivity contribution in [1.29, 1.82) is 0 Å². The Morgan fingerprint density at radius 3 is 2.65 bits per heavy atom. The highest BCUT2D eigenvalue weighted by Gasteiger charge is 2.50. The predicted octanol–water partition coefficient (Wildman–Crippen LogP) is 2.07. The zero-order chi connectivity index (χ0) is 12.0. The van der Waals surface area contributed by atoms with Crippen molar-refractivity contribution in [2.45, 2.75) is 37.5 Å². The summed E-state index contributed by atoms with van der Waals surface area (Å²) in [5.41, 5.74) is 0.0617. The molecule has 0 amide bonds. The number of aryl methyl sites for hydroxylation is 1. The van der Waals surface area contributed by atoms with E-state index < -0.39 is 11.4 Å². The first-order valence-corrected chi connectivity index (χ1v) is 6.74. The molecule has 92 valence electrons. The first-order chi connectivity index (χ1) is 8.13. The SMILES string of the molecule is Cc1nc(C2CCC2)sc1C1(C(=O)O)COC1. The summed E-state index contributed by atoms with van der Waals surface area (Å²) in [6, 6.07) is 0. The van der Waals surface area contributed by atoms with Gasteiger partial charge in [-0.1, -0.05) is 6.42 Å². The molecule has 1 aromatic rings. The number of aromatic nitrogens is 1. The highest BCUT2D eigenvalue weighted by atomic mass is 32.1. The number of rotatable bonds is 3. The lowest BCUT2D eigenvalue weighted by Gasteiger charge is -2.36. The van der Waals surface area contributed by atoms with Crippen molar-refractivity contribution in [2.24, 2.45) is 0 Å². The molecule has 5 heteroatoms. The first-order valence-electron chi connectivity index (χ1n) is 5.92. The number of carboxylic acids is 1. The molecule has 3 rings (SSSR count). The molecule has 17 heavy (non-hydrogen) atoms. The Balaban J connectivity index is 1.96. The minimum absolute atomic E-state index is 0.287. The van der Waals surface area contributed by atoms with Crippen LogP contribution in [0.5, 0.6) is 0 Å². The van der Waals surface area contributed by atoms with Gasteiger partial charge in [-0.3, -0.25) is 4.79 Å². The van der Waals surface area contributed by atoms with E-state index in [0.717, 1.165) is 15.6 Å². The van der Waals surface area contributed by atoms with Crippen LogP contribution in [0.4, 0.5) is 0 Å². The van der Waals surface area contributed by atoms with Gasteiger partial charge in [0.1, 0.15) is 5.41 Å². The molecule has 4 nitrogen and oxygen atoms in total. The number of carboxylic acid groups (broad SMARTS) is 1. The number of carbonyl (C=O) groups is 1. The van der Waals surface area contributed by atoms with Gasteiger partial charge in [-0.15, -0.1) is 11.3 Å². The van der Waals surface area contributed by atoms with E-state index in [-0.39, 0.29) is 13.2 Å². The highest BCUT2D eigenvalue weighted by molar-refractivity contribution is 7.12. The Morgan fingerprint density at radius 1 is 1.53 bits per heavy atom. The predicted molar refractivity (Wildman–Crippen MR) is 63.6 cm³/mol. The quantitative estimate of drug-likeness (QED) is 0.896. The van der Waals surface area contributed by atoms with Gasteiger partial charge >= 0.3 is 5.97 Å². The third-order valence-corrected chi connectivity index (χ3v) is 5.33. The monoisotopic (exact) mass is 253 g/mol. The molecule has 1 aliphatic carbocycles. The number of hydrogen-bond donors (Lipinski definition) is 1. The average Bonchev–Trinajstić information content (AvgIpc) is 2.42. The zero-order valence-corrected chi connectivity index (χ0v) is 10.5. The fourth-order valence-corrected chi connectivity index (χ4v) is 3.74. The van der Waals surface area contributed by atoms with E-state index in [4.69, 9.17) is 4.74 Å². The van der Waals surface area contributed by atoms with Crippen LogP contribution in [0.1, 0.15) is 40.8 Å². The van der Waals surface area contributed by atoms with Crippen molar-refractivity contribution in [3.8, 4) is 0 Å². The van der Waals surface area contributed by atoms with Crippen LogP contribution in [0.15, 0.2) is 0 Å². The molecule has 0 spiro atoms. The second-order valence-electron chi connectivity index (χ2n) is 4.97. The number of ether oxygens (including phenoxy) is 1. The molecule has 1 aromatic heterocycles. The normalized spacial score (nSPS) is 22.9. The van der Waals surface area contributed by atoms with Gasteiger partial charge in [0.2, 0.25) is 0 Å². The Morgan fingerprint density at radius 2 is 2.24 bits per heavy atom. The molecule has 1 saturated heterocycles. The Bertz CT molecular complexity index is 460. The average molecular weight is 253 g/mol. The summed E-state index contributed by atoms with van der Waals surface area (Å²) >= 11 is 1.58. The van der Waals surface area contributed by atoms with Gasteiger partial charge in [-0.05, 0) is 19.8 Å². The largest absolute Gasteiger partial charge is 0.480 e. The van der Waals surface area contributed by atoms with Crippen LogP contribution < -0.4 is 0 Å². The highest BCUT2D eigenvalue weighted by Crippen LogP contribution is 2.44. The van der Waals surface area contributed by atoms with Crippen LogP contribution in [0.25, 0.3) is 0 Å². The van der Waals surface area contributed by atoms with E-state index in [2.05, 4.69) is 4.98 Å². The molecular formula is C12H15NO3S. The minimum Gasteiger partial charge on any atom is -0.480 e. The maximum absolute atomic E-state index is 11.4. The second-order valence-corrected chi connectivity index (χ2v) is 6.01. The van der Waals surface area contributed by atoms with Crippen molar-refractivity contribution in [1.82, 2.24) is 4.98 Å². The number of thiazole rings is 1. The molecule has 0 aromatic carbocycles. The van der Waals surface area contributed by atoms with E-state index in [1.807, 2.05) is 6.92 Å². The van der Waals surface area contributed by atoms with E-state index in [0.29, 0.717) is 5.92 Å². The summed E-state index contributed by atoms with van der Waals surface area (Å²) in [6.45, 7) is 2.49. The third-order valence-electron chi connectivity index (χ3n) is 3.81. The summed E-state index contributed by atoms with van der Waals surface area (Å²) in [6.07, 6.45) is 3.66. The second kappa shape index (κ2) is 3.78. The molecule has 1 aliphatic heterocycles. The smallest absolute Gasteiger partial charge is 0.319 e. The lowest BCUT2D eigenvalue weighted by molar-refractivity contribution is -0.162. The van der Waals surface area contributed by atoms with Crippen LogP contribution >= 0.6 is 11.3 Å². The summed E-state index contributed by atoms with van der Waals surface area (Å²) in [5, 5.41) is 10.5. The van der Waals surface area contributed by atoms with E-state index in [9.17, 15) is 9.90 Å². The van der Waals surface area contributed by atoms with E-state index in [1.54, 1.807) is 11.3 Å². The van der Waals surface area contributed by atoms with E-state index >= 15 is 0 Å². The zero-order valence-electron chi connectivity index (χ0n) is 9.73. The molecule has 2 aliphatic rings. The summed E-state index contributed by atoms with van der Waals surface area (Å²) in [5.74, 6) is -0.213. The number of nitrogens with zero attached hydrogens (tertiary/aromatic N) is 1. The Labute approximate surface area is 104 Å². The first kappa shape index (κ1) is 11.2. The fourth-order valence-electron chi connectivity index (χ4n) is 2.35. The lowest BCUT2D eigenvalue weighted by Crippen LogP contribution is -2.52. The summed E-state index contributed by atoms with van der Waals surface area (Å²) in [4.78, 5) is 16.9. The van der Waals surface area contributed by atoms with Crippen LogP contribution in [0, 0.1) is 6.92 Å². The number of aliphatic carboxylic acids is 1. The van der Waals surface area contributed by atoms with Gasteiger partial charge in [0.25, 0.3) is 0 Å². The maximum atomic E-state index is 11.4. The van der Waals surface area contributed by atoms with Crippen molar-refractivity contribution in [3.63, 3.8) is 0 Å². The Kier molecular flexibility index (Phi) is 2.48. The summed E-state index contributed by atoms with van der Waals surface area (Å²) < 4.78 is 5.12. The lowest BCUT2D eigenvalue weighted by atomic mass is 9.83. The molecule has 1 saturated carbocycles. The Hall–Kier alpha value is -0.940. The van der Waals surface area contributed by atoms with Crippen molar-refractivity contribution in [2.75, 3.05) is 13.2 Å². The van der Waals surface area contributed by atoms with Crippen molar-refractivity contribution >= 4 is 17.3 Å². The van der Waals surface area contributed by atoms with E-state index in [1.165, 1.54) is 19.3 Å². The van der Waals surface area contributed by atoms with Crippen LogP contribution in [0.2, 0.25) is 0 Å². The van der Waals surface area contributed by atoms with Crippen LogP contribution in [0.3, 0.4) is 0 Å². The molecule has 2 heterocycles. The fraction of sp³-hybridized carbons (Fsp3) is 0.667. The maximum Gasteiger partial charge on any atom is 0.319 e.